The third kappa shape index (κ3) is 1.86. The summed E-state index contributed by atoms with van der Waals surface area (Å²) >= 11 is 0. The van der Waals surface area contributed by atoms with Crippen LogP contribution in [0.4, 0.5) is 5.69 Å². The van der Waals surface area contributed by atoms with E-state index in [1.165, 1.54) is 11.1 Å². The van der Waals surface area contributed by atoms with Gasteiger partial charge in [-0.05, 0) is 56.1 Å². The minimum absolute atomic E-state index is 0.434. The zero-order valence-corrected chi connectivity index (χ0v) is 10.5. The highest BCUT2D eigenvalue weighted by Crippen LogP contribution is 2.25. The molecule has 2 rings (SSSR count). The van der Waals surface area contributed by atoms with Crippen molar-refractivity contribution in [2.75, 3.05) is 0 Å². The van der Waals surface area contributed by atoms with Crippen LogP contribution in [0, 0.1) is 32.6 Å². The van der Waals surface area contributed by atoms with Crippen molar-refractivity contribution in [2.45, 2.75) is 27.7 Å². The van der Waals surface area contributed by atoms with Crippen molar-refractivity contribution in [1.82, 2.24) is 9.78 Å². The van der Waals surface area contributed by atoms with Crippen molar-refractivity contribution in [3.63, 3.8) is 0 Å². The third-order valence-corrected chi connectivity index (χ3v) is 3.08. The predicted molar refractivity (Wildman–Crippen MR) is 68.0 cm³/mol. The Balaban J connectivity index is 2.60. The molecule has 0 spiro atoms. The van der Waals surface area contributed by atoms with Crippen molar-refractivity contribution in [2.24, 2.45) is 5.18 Å². The lowest BCUT2D eigenvalue weighted by atomic mass is 10.1. The Morgan fingerprint density at radius 1 is 1.12 bits per heavy atom. The predicted octanol–water partition coefficient (Wildman–Crippen LogP) is 3.50. The summed E-state index contributed by atoms with van der Waals surface area (Å²) in [5.41, 5.74) is 5.28. The number of aromatic nitrogens is 2. The lowest BCUT2D eigenvalue weighted by molar-refractivity contribution is 0.832. The number of benzene rings is 1. The van der Waals surface area contributed by atoms with Gasteiger partial charge in [-0.3, -0.25) is 0 Å². The quantitative estimate of drug-likeness (QED) is 0.740. The molecule has 0 fully saturated rings. The van der Waals surface area contributed by atoms with Crippen LogP contribution in [0.5, 0.6) is 0 Å². The Morgan fingerprint density at radius 3 is 2.35 bits per heavy atom. The van der Waals surface area contributed by atoms with Crippen molar-refractivity contribution in [3.05, 3.63) is 45.6 Å². The van der Waals surface area contributed by atoms with E-state index in [4.69, 9.17) is 0 Å². The lowest BCUT2D eigenvalue weighted by Gasteiger charge is -2.07. The molecule has 0 aliphatic heterocycles. The van der Waals surface area contributed by atoms with Crippen LogP contribution in [0.3, 0.4) is 0 Å². The number of rotatable bonds is 2. The molecular weight excluding hydrogens is 214 g/mol. The summed E-state index contributed by atoms with van der Waals surface area (Å²) < 4.78 is 1.76. The zero-order valence-electron chi connectivity index (χ0n) is 10.5. The molecule has 4 nitrogen and oxygen atoms in total. The van der Waals surface area contributed by atoms with Crippen LogP contribution in [0.15, 0.2) is 23.4 Å². The minimum Gasteiger partial charge on any atom is -0.235 e. The van der Waals surface area contributed by atoms with Gasteiger partial charge in [-0.2, -0.15) is 5.10 Å². The van der Waals surface area contributed by atoms with Crippen LogP contribution in [0.1, 0.15) is 22.5 Å². The molecule has 0 aliphatic rings. The Morgan fingerprint density at radius 2 is 1.82 bits per heavy atom. The average Bonchev–Trinajstić information content (AvgIpc) is 2.58. The number of hydrogen-bond donors (Lipinski definition) is 0. The van der Waals surface area contributed by atoms with Crippen LogP contribution >= 0.6 is 0 Å². The average molecular weight is 229 g/mol. The fourth-order valence-corrected chi connectivity index (χ4v) is 1.88. The van der Waals surface area contributed by atoms with Gasteiger partial charge in [-0.1, -0.05) is 6.07 Å². The first-order valence-electron chi connectivity index (χ1n) is 5.52. The maximum Gasteiger partial charge on any atom is 0.152 e. The lowest BCUT2D eigenvalue weighted by Crippen LogP contribution is -1.99. The molecule has 1 aromatic heterocycles. The first-order chi connectivity index (χ1) is 8.04. The zero-order chi connectivity index (χ0) is 12.6. The first-order valence-corrected chi connectivity index (χ1v) is 5.52. The summed E-state index contributed by atoms with van der Waals surface area (Å²) in [5, 5.41) is 7.37. The van der Waals surface area contributed by atoms with E-state index in [-0.39, 0.29) is 0 Å². The van der Waals surface area contributed by atoms with E-state index in [1.807, 2.05) is 13.0 Å². The highest BCUT2D eigenvalue weighted by molar-refractivity contribution is 5.50. The summed E-state index contributed by atoms with van der Waals surface area (Å²) in [6.45, 7) is 7.77. The molecule has 0 bridgehead atoms. The molecule has 4 heteroatoms. The number of aryl methyl sites for hydroxylation is 3. The van der Waals surface area contributed by atoms with Gasteiger partial charge in [-0.15, -0.1) is 4.91 Å². The minimum atomic E-state index is 0.434. The molecule has 0 saturated heterocycles. The highest BCUT2D eigenvalue weighted by Gasteiger charge is 2.13. The Kier molecular flexibility index (Phi) is 2.79. The fourth-order valence-electron chi connectivity index (χ4n) is 1.88. The van der Waals surface area contributed by atoms with E-state index >= 15 is 0 Å². The van der Waals surface area contributed by atoms with E-state index in [0.29, 0.717) is 11.4 Å². The van der Waals surface area contributed by atoms with Crippen molar-refractivity contribution in [3.8, 4) is 5.69 Å². The van der Waals surface area contributed by atoms with Crippen LogP contribution < -0.4 is 0 Å². The van der Waals surface area contributed by atoms with E-state index < -0.39 is 0 Å². The molecule has 0 saturated carbocycles. The Labute approximate surface area is 100 Å². The van der Waals surface area contributed by atoms with Gasteiger partial charge in [0.1, 0.15) is 0 Å². The second-order valence-electron chi connectivity index (χ2n) is 4.29. The molecule has 0 atom stereocenters. The Hall–Kier alpha value is -1.97. The monoisotopic (exact) mass is 229 g/mol. The van der Waals surface area contributed by atoms with Crippen LogP contribution in [0.2, 0.25) is 0 Å². The molecule has 0 unspecified atom stereocenters. The van der Waals surface area contributed by atoms with Crippen molar-refractivity contribution < 1.29 is 0 Å². The molecule has 0 N–H and O–H groups in total. The Bertz CT molecular complexity index is 585. The smallest absolute Gasteiger partial charge is 0.152 e. The largest absolute Gasteiger partial charge is 0.235 e. The van der Waals surface area contributed by atoms with Crippen LogP contribution in [-0.2, 0) is 0 Å². The standard InChI is InChI=1S/C13H15N3O/c1-8-5-6-12(7-9(8)2)16-11(4)13(15-17)10(3)14-16/h5-7H,1-4H3. The topological polar surface area (TPSA) is 47.2 Å². The molecule has 0 radical (unpaired) electrons. The summed E-state index contributed by atoms with van der Waals surface area (Å²) in [4.78, 5) is 10.7. The maximum absolute atomic E-state index is 10.7. The summed E-state index contributed by atoms with van der Waals surface area (Å²) in [6.07, 6.45) is 0. The van der Waals surface area contributed by atoms with Crippen molar-refractivity contribution in [1.29, 1.82) is 0 Å². The highest BCUT2D eigenvalue weighted by atomic mass is 16.3. The summed E-state index contributed by atoms with van der Waals surface area (Å²) in [7, 11) is 0. The number of nitrogens with zero attached hydrogens (tertiary/aromatic N) is 3. The molecule has 88 valence electrons. The molecule has 2 aromatic rings. The van der Waals surface area contributed by atoms with Crippen LogP contribution in [0.25, 0.3) is 5.69 Å². The van der Waals surface area contributed by atoms with Gasteiger partial charge in [0.05, 0.1) is 17.1 Å². The normalized spacial score (nSPS) is 10.6. The van der Waals surface area contributed by atoms with Gasteiger partial charge in [-0.25, -0.2) is 4.68 Å². The second kappa shape index (κ2) is 4.13. The molecule has 1 heterocycles. The molecule has 1 aromatic carbocycles. The third-order valence-electron chi connectivity index (χ3n) is 3.08. The second-order valence-corrected chi connectivity index (χ2v) is 4.29. The molecule has 0 amide bonds. The van der Waals surface area contributed by atoms with Gasteiger partial charge in [0.25, 0.3) is 0 Å². The van der Waals surface area contributed by atoms with Gasteiger partial charge in [0.15, 0.2) is 5.69 Å². The number of hydrogen-bond acceptors (Lipinski definition) is 3. The summed E-state index contributed by atoms with van der Waals surface area (Å²) in [5.74, 6) is 0. The van der Waals surface area contributed by atoms with Gasteiger partial charge in [0, 0.05) is 0 Å². The van der Waals surface area contributed by atoms with Gasteiger partial charge < -0.3 is 0 Å². The van der Waals surface area contributed by atoms with Gasteiger partial charge >= 0.3 is 0 Å². The van der Waals surface area contributed by atoms with Gasteiger partial charge in [0.2, 0.25) is 0 Å². The van der Waals surface area contributed by atoms with Crippen LogP contribution in [-0.4, -0.2) is 9.78 Å². The molecule has 0 aliphatic carbocycles. The SMILES string of the molecule is Cc1ccc(-n2nc(C)c(N=O)c2C)cc1C. The first kappa shape index (κ1) is 11.5. The number of nitroso groups, excluding NO2 is 1. The van der Waals surface area contributed by atoms with E-state index in [0.717, 1.165) is 11.4 Å². The summed E-state index contributed by atoms with van der Waals surface area (Å²) in [6, 6.07) is 6.11. The fraction of sp³-hybridized carbons (Fsp3) is 0.308. The molecular formula is C13H15N3O. The maximum atomic E-state index is 10.7. The van der Waals surface area contributed by atoms with E-state index in [9.17, 15) is 4.91 Å². The van der Waals surface area contributed by atoms with E-state index in [2.05, 4.69) is 36.3 Å². The van der Waals surface area contributed by atoms with E-state index in [1.54, 1.807) is 11.6 Å². The van der Waals surface area contributed by atoms with Crippen molar-refractivity contribution >= 4 is 5.69 Å². The molecule has 17 heavy (non-hydrogen) atoms.